The summed E-state index contributed by atoms with van der Waals surface area (Å²) in [4.78, 5) is 41.4. The van der Waals surface area contributed by atoms with Crippen molar-refractivity contribution < 1.29 is 24.0 Å². The molecule has 1 heterocycles. The van der Waals surface area contributed by atoms with E-state index < -0.39 is 12.0 Å². The van der Waals surface area contributed by atoms with Gasteiger partial charge in [-0.25, -0.2) is 4.79 Å². The number of amides is 1. The number of aromatic amines is 1. The van der Waals surface area contributed by atoms with Crippen LogP contribution >= 0.6 is 0 Å². The zero-order valence-corrected chi connectivity index (χ0v) is 19.1. The lowest BCUT2D eigenvalue weighted by Crippen LogP contribution is -3.14. The minimum Gasteiger partial charge on any atom is -0.465 e. The number of ether oxygens (including phenoxy) is 1. The summed E-state index contributed by atoms with van der Waals surface area (Å²) in [5.41, 5.74) is 5.91. The molecule has 1 aromatic heterocycles. The van der Waals surface area contributed by atoms with E-state index in [1.807, 2.05) is 40.0 Å². The highest BCUT2D eigenvalue weighted by atomic mass is 16.5. The summed E-state index contributed by atoms with van der Waals surface area (Å²) < 4.78 is 4.81. The molecule has 0 aliphatic heterocycles. The average Bonchev–Trinajstić information content (AvgIpc) is 2.96. The van der Waals surface area contributed by atoms with Crippen LogP contribution in [0.1, 0.15) is 55.7 Å². The van der Waals surface area contributed by atoms with Crippen LogP contribution in [-0.4, -0.2) is 49.4 Å². The number of likely N-dealkylation sites (N-methyl/N-ethyl adjacent to an activating group) is 1. The van der Waals surface area contributed by atoms with Gasteiger partial charge < -0.3 is 19.9 Å². The van der Waals surface area contributed by atoms with Crippen molar-refractivity contribution in [1.82, 2.24) is 4.98 Å². The second-order valence-electron chi connectivity index (χ2n) is 8.05. The van der Waals surface area contributed by atoms with Crippen LogP contribution < -0.4 is 10.2 Å². The number of H-pyrrole nitrogens is 1. The van der Waals surface area contributed by atoms with Gasteiger partial charge in [0.05, 0.1) is 25.4 Å². The fourth-order valence-electron chi connectivity index (χ4n) is 3.81. The van der Waals surface area contributed by atoms with Crippen molar-refractivity contribution in [2.45, 2.75) is 47.6 Å². The summed E-state index contributed by atoms with van der Waals surface area (Å²) in [6.45, 7) is 11.3. The Hall–Kier alpha value is -2.93. The van der Waals surface area contributed by atoms with Gasteiger partial charge >= 0.3 is 5.97 Å². The third-order valence-corrected chi connectivity index (χ3v) is 5.59. The molecule has 0 saturated carbocycles. The molecule has 0 fully saturated rings. The van der Waals surface area contributed by atoms with Crippen LogP contribution in [0.2, 0.25) is 0 Å². The molecule has 0 bridgehead atoms. The van der Waals surface area contributed by atoms with E-state index in [9.17, 15) is 14.4 Å². The first-order chi connectivity index (χ1) is 14.0. The predicted octanol–water partition coefficient (Wildman–Crippen LogP) is 2.07. The van der Waals surface area contributed by atoms with Crippen LogP contribution in [0.15, 0.2) is 12.1 Å². The average molecular weight is 415 g/mol. The minimum absolute atomic E-state index is 0.141. The van der Waals surface area contributed by atoms with E-state index >= 15 is 0 Å². The third kappa shape index (κ3) is 4.79. The first kappa shape index (κ1) is 23.3. The summed E-state index contributed by atoms with van der Waals surface area (Å²) in [7, 11) is 3.12. The number of carbonyl (C=O) groups is 3. The Bertz CT molecular complexity index is 968. The van der Waals surface area contributed by atoms with Crippen molar-refractivity contribution in [3.63, 3.8) is 0 Å². The monoisotopic (exact) mass is 414 g/mol. The molecule has 1 unspecified atom stereocenters. The van der Waals surface area contributed by atoms with Gasteiger partial charge in [-0.2, -0.15) is 0 Å². The van der Waals surface area contributed by atoms with Crippen LogP contribution in [-0.2, 0) is 9.53 Å². The van der Waals surface area contributed by atoms with Gasteiger partial charge in [0.25, 0.3) is 5.91 Å². The first-order valence-electron chi connectivity index (χ1n) is 9.99. The highest BCUT2D eigenvalue weighted by molar-refractivity contribution is 6.03. The SMILES string of the molecule is COC(=O)c1c(C)[nH]c(C(=O)[C@@H](C)[NH+](C)CC(=O)Nc2c(C)cc(C)cc2C)c1C. The van der Waals surface area contributed by atoms with Crippen LogP contribution in [0, 0.1) is 34.6 Å². The summed E-state index contributed by atoms with van der Waals surface area (Å²) in [5.74, 6) is -0.785. The van der Waals surface area contributed by atoms with Crippen LogP contribution in [0.3, 0.4) is 0 Å². The molecule has 0 aliphatic carbocycles. The fourth-order valence-corrected chi connectivity index (χ4v) is 3.81. The Balaban J connectivity index is 2.13. The van der Waals surface area contributed by atoms with E-state index in [0.717, 1.165) is 27.3 Å². The summed E-state index contributed by atoms with van der Waals surface area (Å²) in [6.07, 6.45) is 0. The molecule has 1 amide bonds. The van der Waals surface area contributed by atoms with Gasteiger partial charge in [0.1, 0.15) is 0 Å². The molecule has 3 N–H and O–H groups in total. The number of aromatic nitrogens is 1. The van der Waals surface area contributed by atoms with Gasteiger partial charge in [-0.3, -0.25) is 9.59 Å². The first-order valence-corrected chi connectivity index (χ1v) is 9.99. The molecule has 162 valence electrons. The number of nitrogens with one attached hydrogen (secondary N) is 3. The zero-order chi connectivity index (χ0) is 22.7. The maximum Gasteiger partial charge on any atom is 0.339 e. The van der Waals surface area contributed by atoms with Gasteiger partial charge in [0.2, 0.25) is 5.78 Å². The van der Waals surface area contributed by atoms with Gasteiger partial charge in [-0.15, -0.1) is 0 Å². The smallest absolute Gasteiger partial charge is 0.339 e. The van der Waals surface area contributed by atoms with E-state index in [1.165, 1.54) is 7.11 Å². The molecule has 7 nitrogen and oxygen atoms in total. The minimum atomic E-state index is -0.475. The Morgan fingerprint density at radius 3 is 2.20 bits per heavy atom. The standard InChI is InChI=1S/C23H31N3O4/c1-12-9-13(2)20(14(3)10-12)25-18(27)11-26(7)17(6)22(28)21-15(4)19(16(5)24-21)23(29)30-8/h9-10,17,24H,11H2,1-8H3,(H,25,27)/p+1/t17-/m1/s1. The van der Waals surface area contributed by atoms with E-state index in [4.69, 9.17) is 4.74 Å². The molecular formula is C23H32N3O4+. The van der Waals surface area contributed by atoms with Crippen molar-refractivity contribution in [3.05, 3.63) is 51.3 Å². The maximum absolute atomic E-state index is 13.0. The number of aryl methyl sites for hydroxylation is 4. The van der Waals surface area contributed by atoms with E-state index in [0.29, 0.717) is 22.5 Å². The van der Waals surface area contributed by atoms with Crippen LogP contribution in [0.5, 0.6) is 0 Å². The quantitative estimate of drug-likeness (QED) is 0.478. The number of anilines is 1. The Labute approximate surface area is 177 Å². The lowest BCUT2D eigenvalue weighted by Gasteiger charge is -2.21. The summed E-state index contributed by atoms with van der Waals surface area (Å²) in [5, 5.41) is 2.98. The highest BCUT2D eigenvalue weighted by Crippen LogP contribution is 2.22. The van der Waals surface area contributed by atoms with Crippen molar-refractivity contribution in [2.75, 3.05) is 26.0 Å². The number of Topliss-reactive ketones (excluding diaryl/α,β-unsaturated/α-hetero) is 1. The predicted molar refractivity (Wildman–Crippen MR) is 116 cm³/mol. The molecule has 0 aliphatic rings. The maximum atomic E-state index is 13.0. The molecule has 1 aromatic carbocycles. The van der Waals surface area contributed by atoms with Gasteiger partial charge in [-0.05, 0) is 58.2 Å². The number of hydrogen-bond donors (Lipinski definition) is 3. The summed E-state index contributed by atoms with van der Waals surface area (Å²) in [6, 6.07) is 3.58. The number of hydrogen-bond acceptors (Lipinski definition) is 4. The molecule has 0 radical (unpaired) electrons. The van der Waals surface area contributed by atoms with E-state index in [1.54, 1.807) is 20.8 Å². The van der Waals surface area contributed by atoms with Crippen molar-refractivity contribution >= 4 is 23.3 Å². The lowest BCUT2D eigenvalue weighted by molar-refractivity contribution is -0.885. The third-order valence-electron chi connectivity index (χ3n) is 5.59. The number of esters is 1. The van der Waals surface area contributed by atoms with Crippen molar-refractivity contribution in [1.29, 1.82) is 0 Å². The number of ketones is 1. The fraction of sp³-hybridized carbons (Fsp3) is 0.435. The number of quaternary nitrogens is 1. The van der Waals surface area contributed by atoms with Gasteiger partial charge in [-0.1, -0.05) is 17.7 Å². The highest BCUT2D eigenvalue weighted by Gasteiger charge is 2.30. The Morgan fingerprint density at radius 1 is 1.10 bits per heavy atom. The molecular weight excluding hydrogens is 382 g/mol. The second kappa shape index (κ2) is 9.26. The Kier molecular flexibility index (Phi) is 7.21. The summed E-state index contributed by atoms with van der Waals surface area (Å²) >= 11 is 0. The van der Waals surface area contributed by atoms with E-state index in [-0.39, 0.29) is 18.2 Å². The number of rotatable bonds is 7. The lowest BCUT2D eigenvalue weighted by atomic mass is 10.0. The molecule has 0 saturated heterocycles. The molecule has 30 heavy (non-hydrogen) atoms. The van der Waals surface area contributed by atoms with Crippen molar-refractivity contribution in [2.24, 2.45) is 0 Å². The number of carbonyl (C=O) groups excluding carboxylic acids is 3. The Morgan fingerprint density at radius 2 is 1.67 bits per heavy atom. The van der Waals surface area contributed by atoms with Gasteiger partial charge in [0, 0.05) is 11.4 Å². The zero-order valence-electron chi connectivity index (χ0n) is 19.1. The molecule has 2 rings (SSSR count). The van der Waals surface area contributed by atoms with Crippen LogP contribution in [0.4, 0.5) is 5.69 Å². The van der Waals surface area contributed by atoms with Gasteiger partial charge in [0.15, 0.2) is 12.6 Å². The molecule has 2 aromatic rings. The number of benzene rings is 1. The topological polar surface area (TPSA) is 92.7 Å². The second-order valence-corrected chi connectivity index (χ2v) is 8.05. The van der Waals surface area contributed by atoms with Crippen molar-refractivity contribution in [3.8, 4) is 0 Å². The largest absolute Gasteiger partial charge is 0.465 e. The number of methoxy groups -OCH3 is 1. The van der Waals surface area contributed by atoms with Crippen LogP contribution in [0.25, 0.3) is 0 Å². The van der Waals surface area contributed by atoms with E-state index in [2.05, 4.69) is 10.3 Å². The normalized spacial score (nSPS) is 12.9. The molecule has 0 spiro atoms. The molecule has 2 atom stereocenters. The molecule has 7 heteroatoms.